The molecule has 0 saturated carbocycles. The lowest BCUT2D eigenvalue weighted by molar-refractivity contribution is 0.660. The molecule has 0 bridgehead atoms. The van der Waals surface area contributed by atoms with Gasteiger partial charge in [0.05, 0.1) is 17.1 Å². The molecule has 0 unspecified atom stereocenters. The first-order chi connectivity index (χ1) is 39.2. The molecule has 4 aromatic heterocycles. The summed E-state index contributed by atoms with van der Waals surface area (Å²) in [6.45, 7) is 9.40. The minimum Gasteiger partial charge on any atom is -0.455 e. The van der Waals surface area contributed by atoms with Gasteiger partial charge in [0.2, 0.25) is 0 Å². The average molecular weight is 1040 g/mol. The van der Waals surface area contributed by atoms with Crippen molar-refractivity contribution < 1.29 is 4.42 Å². The summed E-state index contributed by atoms with van der Waals surface area (Å²) in [5.41, 5.74) is 16.0. The van der Waals surface area contributed by atoms with Crippen molar-refractivity contribution in [1.82, 2.24) is 9.97 Å². The fourth-order valence-electron chi connectivity index (χ4n) is 14.2. The highest BCUT2D eigenvalue weighted by molar-refractivity contribution is 7.26. The van der Waals surface area contributed by atoms with Gasteiger partial charge < -0.3 is 4.42 Å². The highest BCUT2D eigenvalue weighted by atomic mass is 32.1. The number of pyridine rings is 2. The number of hydrogen-bond donors (Lipinski definition) is 0. The van der Waals surface area contributed by atoms with E-state index in [9.17, 15) is 0 Å². The second-order valence-electron chi connectivity index (χ2n) is 23.1. The van der Waals surface area contributed by atoms with Gasteiger partial charge in [-0.05, 0) is 147 Å². The summed E-state index contributed by atoms with van der Waals surface area (Å²) in [6.07, 6.45) is 2.12. The first-order valence-corrected chi connectivity index (χ1v) is 28.6. The Bertz CT molecular complexity index is 5380. The van der Waals surface area contributed by atoms with Gasteiger partial charge in [0.25, 0.3) is 0 Å². The summed E-state index contributed by atoms with van der Waals surface area (Å²) in [7, 11) is 0. The molecule has 0 amide bonds. The quantitative estimate of drug-likeness (QED) is 0.162. The minimum atomic E-state index is -0.150. The van der Waals surface area contributed by atoms with Crippen molar-refractivity contribution in [3.8, 4) is 44.9 Å². The van der Waals surface area contributed by atoms with Crippen LogP contribution in [-0.2, 0) is 10.8 Å². The monoisotopic (exact) mass is 1040 g/mol. The minimum absolute atomic E-state index is 0.128. The number of hydrogen-bond acceptors (Lipinski definition) is 4. The van der Waals surface area contributed by atoms with Crippen molar-refractivity contribution in [3.05, 3.63) is 253 Å². The van der Waals surface area contributed by atoms with Crippen LogP contribution < -0.4 is 0 Å². The van der Waals surface area contributed by atoms with Gasteiger partial charge in [0.1, 0.15) is 11.2 Å². The Morgan fingerprint density at radius 2 is 0.787 bits per heavy atom. The Hall–Kier alpha value is -9.48. The lowest BCUT2D eigenvalue weighted by Gasteiger charge is -2.22. The standard InChI is InChI=1S/C38H25NO.C38H25NS/c1-38(2)32-18-19-34(28-16-9-15-27-26-14-7-8-17-35(26)40-37(27)28)39-36(32)31-20-29-24-12-5-3-10-22(24)23-11-4-6-13-25(23)30(29)21-33(31)38;1-38(2)33-19-30-25-13-6-4-11-23(25)22-10-3-5-12-24(22)29(30)18-31(33)32-21-39-35(20-34(32)38)28-16-9-15-27-26-14-7-8-17-36(26)40-37(27)28/h2*3-21H,1-2H3. The molecule has 4 heterocycles. The van der Waals surface area contributed by atoms with Gasteiger partial charge in [-0.2, -0.15) is 0 Å². The van der Waals surface area contributed by atoms with Gasteiger partial charge in [-0.3, -0.25) is 4.98 Å². The van der Waals surface area contributed by atoms with Crippen LogP contribution in [0.4, 0.5) is 0 Å². The molecule has 0 radical (unpaired) electrons. The van der Waals surface area contributed by atoms with Crippen LogP contribution in [0.3, 0.4) is 0 Å². The SMILES string of the molecule is CC1(C)c2cc(-c3cccc4c3sc3ccccc34)ncc2-c2cc3c4ccccc4c4ccccc4c3cc21.CC1(C)c2cc3c4ccccc4c4ccccc4c3cc2-c2nc(-c3cccc4c3oc3ccccc34)ccc21. The van der Waals surface area contributed by atoms with Crippen LogP contribution >= 0.6 is 11.3 Å². The van der Waals surface area contributed by atoms with Crippen LogP contribution in [0.25, 0.3) is 152 Å². The molecule has 0 saturated heterocycles. The number of furan rings is 1. The van der Waals surface area contributed by atoms with Crippen molar-refractivity contribution in [3.63, 3.8) is 0 Å². The maximum absolute atomic E-state index is 6.37. The van der Waals surface area contributed by atoms with Crippen LogP contribution in [-0.4, -0.2) is 9.97 Å². The number of nitrogens with zero attached hydrogens (tertiary/aromatic N) is 2. The number of benzene rings is 12. The fraction of sp³-hybridized carbons (Fsp3) is 0.0789. The highest BCUT2D eigenvalue weighted by Gasteiger charge is 2.39. The molecule has 4 heteroatoms. The third-order valence-electron chi connectivity index (χ3n) is 18.2. The van der Waals surface area contributed by atoms with Crippen molar-refractivity contribution in [2.45, 2.75) is 38.5 Å². The van der Waals surface area contributed by atoms with Crippen molar-refractivity contribution >= 4 is 118 Å². The molecule has 0 N–H and O–H groups in total. The predicted molar refractivity (Wildman–Crippen MR) is 340 cm³/mol. The summed E-state index contributed by atoms with van der Waals surface area (Å²) in [4.78, 5) is 10.5. The molecule has 12 aromatic carbocycles. The summed E-state index contributed by atoms with van der Waals surface area (Å²) < 4.78 is 9.01. The van der Waals surface area contributed by atoms with Gasteiger partial charge >= 0.3 is 0 Å². The van der Waals surface area contributed by atoms with Crippen LogP contribution in [0.15, 0.2) is 235 Å². The number of fused-ring (bicyclic) bond motifs is 24. The molecular weight excluding hydrogens is 989 g/mol. The number of thiophene rings is 1. The van der Waals surface area contributed by atoms with E-state index in [0.29, 0.717) is 0 Å². The van der Waals surface area contributed by atoms with Crippen LogP contribution in [0, 0.1) is 0 Å². The molecule has 376 valence electrons. The van der Waals surface area contributed by atoms with Gasteiger partial charge in [0.15, 0.2) is 0 Å². The molecule has 16 aromatic rings. The second kappa shape index (κ2) is 16.5. The summed E-state index contributed by atoms with van der Waals surface area (Å²) in [5, 5.41) is 20.6. The van der Waals surface area contributed by atoms with E-state index in [1.807, 2.05) is 23.5 Å². The van der Waals surface area contributed by atoms with Crippen molar-refractivity contribution in [2.24, 2.45) is 0 Å². The predicted octanol–water partition coefficient (Wildman–Crippen LogP) is 21.3. The Kier molecular flexibility index (Phi) is 9.41. The van der Waals surface area contributed by atoms with Crippen LogP contribution in [0.5, 0.6) is 0 Å². The van der Waals surface area contributed by atoms with Crippen molar-refractivity contribution in [2.75, 3.05) is 0 Å². The molecule has 2 aliphatic carbocycles. The third kappa shape index (κ3) is 6.31. The zero-order chi connectivity index (χ0) is 53.2. The molecule has 2 aliphatic rings. The van der Waals surface area contributed by atoms with E-state index in [0.717, 1.165) is 44.6 Å². The Morgan fingerprint density at radius 3 is 1.41 bits per heavy atom. The summed E-state index contributed by atoms with van der Waals surface area (Å²) >= 11 is 1.87. The van der Waals surface area contributed by atoms with Crippen molar-refractivity contribution in [1.29, 1.82) is 0 Å². The summed E-state index contributed by atoms with van der Waals surface area (Å²) in [6, 6.07) is 81.7. The normalized spacial score (nSPS) is 13.9. The maximum Gasteiger partial charge on any atom is 0.144 e. The maximum atomic E-state index is 6.37. The zero-order valence-electron chi connectivity index (χ0n) is 44.7. The Morgan fingerprint density at radius 1 is 0.325 bits per heavy atom. The van der Waals surface area contributed by atoms with Gasteiger partial charge in [-0.1, -0.05) is 198 Å². The van der Waals surface area contributed by atoms with E-state index in [2.05, 4.69) is 246 Å². The molecule has 0 aliphatic heterocycles. The van der Waals surface area contributed by atoms with E-state index in [-0.39, 0.29) is 10.8 Å². The molecular formula is C76H50N2OS. The first kappa shape index (κ1) is 45.5. The van der Waals surface area contributed by atoms with E-state index in [4.69, 9.17) is 14.4 Å². The van der Waals surface area contributed by atoms with Gasteiger partial charge in [-0.25, -0.2) is 4.98 Å². The van der Waals surface area contributed by atoms with Crippen LogP contribution in [0.1, 0.15) is 49.9 Å². The largest absolute Gasteiger partial charge is 0.455 e. The molecule has 0 fully saturated rings. The summed E-state index contributed by atoms with van der Waals surface area (Å²) in [5.74, 6) is 0. The number of aromatic nitrogens is 2. The average Bonchev–Trinajstić information content (AvgIpc) is 4.32. The van der Waals surface area contributed by atoms with Crippen LogP contribution in [0.2, 0.25) is 0 Å². The third-order valence-corrected chi connectivity index (χ3v) is 19.4. The Labute approximate surface area is 466 Å². The smallest absolute Gasteiger partial charge is 0.144 e. The topological polar surface area (TPSA) is 38.9 Å². The lowest BCUT2D eigenvalue weighted by Crippen LogP contribution is -2.15. The van der Waals surface area contributed by atoms with E-state index in [1.54, 1.807) is 0 Å². The molecule has 0 atom stereocenters. The van der Waals surface area contributed by atoms with Gasteiger partial charge in [-0.15, -0.1) is 11.3 Å². The molecule has 0 spiro atoms. The Balaban J connectivity index is 0.000000128. The van der Waals surface area contributed by atoms with E-state index in [1.165, 1.54) is 129 Å². The van der Waals surface area contributed by atoms with E-state index >= 15 is 0 Å². The second-order valence-corrected chi connectivity index (χ2v) is 24.1. The number of rotatable bonds is 2. The fourth-order valence-corrected chi connectivity index (χ4v) is 15.4. The number of para-hydroxylation sites is 2. The molecule has 18 rings (SSSR count). The van der Waals surface area contributed by atoms with Gasteiger partial charge in [0, 0.05) is 70.2 Å². The zero-order valence-corrected chi connectivity index (χ0v) is 45.5. The first-order valence-electron chi connectivity index (χ1n) is 27.8. The molecule has 80 heavy (non-hydrogen) atoms. The highest BCUT2D eigenvalue weighted by Crippen LogP contribution is 2.54. The van der Waals surface area contributed by atoms with E-state index < -0.39 is 0 Å². The molecule has 3 nitrogen and oxygen atoms in total. The lowest BCUT2D eigenvalue weighted by atomic mass is 9.81.